The predicted octanol–water partition coefficient (Wildman–Crippen LogP) is 1.13. The summed E-state index contributed by atoms with van der Waals surface area (Å²) < 4.78 is 5.38. The van der Waals surface area contributed by atoms with Gasteiger partial charge in [0.15, 0.2) is 0 Å². The third kappa shape index (κ3) is 2.85. The van der Waals surface area contributed by atoms with Crippen molar-refractivity contribution >= 4 is 11.9 Å². The molecule has 1 unspecified atom stereocenters. The number of carboxylic acid groups (broad SMARTS) is 1. The molecule has 1 aliphatic heterocycles. The molecule has 0 aromatic carbocycles. The molecule has 1 amide bonds. The highest BCUT2D eigenvalue weighted by atomic mass is 16.4. The third-order valence-electron chi connectivity index (χ3n) is 3.78. The molecule has 0 spiro atoms. The van der Waals surface area contributed by atoms with Crippen LogP contribution in [0.1, 0.15) is 28.8 Å². The van der Waals surface area contributed by atoms with Gasteiger partial charge < -0.3 is 14.4 Å². The van der Waals surface area contributed by atoms with Gasteiger partial charge in [-0.15, -0.1) is 0 Å². The molecule has 0 radical (unpaired) electrons. The average Bonchev–Trinajstić information content (AvgIpc) is 2.76. The van der Waals surface area contributed by atoms with Crippen molar-refractivity contribution < 1.29 is 19.1 Å². The molecular formula is C14H20N2O4. The number of hydrogen-bond donors (Lipinski definition) is 1. The first-order valence-electron chi connectivity index (χ1n) is 6.73. The molecule has 1 atom stereocenters. The number of amides is 1. The minimum atomic E-state index is -0.828. The number of carbonyl (C=O) groups is 2. The first-order chi connectivity index (χ1) is 9.40. The van der Waals surface area contributed by atoms with Gasteiger partial charge in [-0.2, -0.15) is 0 Å². The minimum Gasteiger partial charge on any atom is -0.480 e. The molecule has 20 heavy (non-hydrogen) atoms. The zero-order valence-electron chi connectivity index (χ0n) is 12.0. The fourth-order valence-electron chi connectivity index (χ4n) is 2.48. The van der Waals surface area contributed by atoms with E-state index in [0.717, 1.165) is 5.76 Å². The lowest BCUT2D eigenvalue weighted by Gasteiger charge is -2.36. The molecule has 1 aromatic rings. The van der Waals surface area contributed by atoms with Crippen molar-refractivity contribution in [3.63, 3.8) is 0 Å². The van der Waals surface area contributed by atoms with Crippen LogP contribution >= 0.6 is 0 Å². The molecule has 6 heteroatoms. The molecule has 2 rings (SSSR count). The second-order valence-corrected chi connectivity index (χ2v) is 5.17. The van der Waals surface area contributed by atoms with Crippen LogP contribution in [0, 0.1) is 13.8 Å². The zero-order valence-corrected chi connectivity index (χ0v) is 12.0. The highest BCUT2D eigenvalue weighted by molar-refractivity contribution is 5.95. The Morgan fingerprint density at radius 1 is 1.25 bits per heavy atom. The Bertz CT molecular complexity index is 515. The van der Waals surface area contributed by atoms with Crippen molar-refractivity contribution in [2.45, 2.75) is 26.8 Å². The molecule has 0 bridgehead atoms. The number of carboxylic acids is 1. The van der Waals surface area contributed by atoms with Crippen LogP contribution in [0.4, 0.5) is 0 Å². The van der Waals surface area contributed by atoms with E-state index in [1.807, 2.05) is 11.8 Å². The van der Waals surface area contributed by atoms with Crippen LogP contribution in [0.2, 0.25) is 0 Å². The van der Waals surface area contributed by atoms with E-state index < -0.39 is 12.0 Å². The molecule has 6 nitrogen and oxygen atoms in total. The normalized spacial score (nSPS) is 18.1. The fraction of sp³-hybridized carbons (Fsp3) is 0.571. The highest BCUT2D eigenvalue weighted by Crippen LogP contribution is 2.17. The number of piperazine rings is 1. The molecule has 1 N–H and O–H groups in total. The fourth-order valence-corrected chi connectivity index (χ4v) is 2.48. The summed E-state index contributed by atoms with van der Waals surface area (Å²) in [6.07, 6.45) is 0. The van der Waals surface area contributed by atoms with Crippen LogP contribution in [0.5, 0.6) is 0 Å². The Labute approximate surface area is 118 Å². The SMILES string of the molecule is Cc1cc(C(=O)N2CCN(C(C)C(=O)O)CC2)c(C)o1. The quantitative estimate of drug-likeness (QED) is 0.898. The van der Waals surface area contributed by atoms with E-state index in [9.17, 15) is 9.59 Å². The van der Waals surface area contributed by atoms with Crippen LogP contribution < -0.4 is 0 Å². The molecule has 1 aliphatic rings. The lowest BCUT2D eigenvalue weighted by atomic mass is 10.2. The van der Waals surface area contributed by atoms with Gasteiger partial charge in [0.05, 0.1) is 5.56 Å². The van der Waals surface area contributed by atoms with Crippen LogP contribution in [-0.2, 0) is 4.79 Å². The first kappa shape index (κ1) is 14.6. The van der Waals surface area contributed by atoms with Crippen LogP contribution in [-0.4, -0.2) is 59.0 Å². The maximum atomic E-state index is 12.4. The van der Waals surface area contributed by atoms with E-state index in [1.165, 1.54) is 0 Å². The van der Waals surface area contributed by atoms with Gasteiger partial charge in [-0.3, -0.25) is 14.5 Å². The number of carbonyl (C=O) groups excluding carboxylic acids is 1. The summed E-state index contributed by atoms with van der Waals surface area (Å²) in [6, 6.07) is 1.24. The molecule has 0 saturated carbocycles. The maximum Gasteiger partial charge on any atom is 0.320 e. The molecule has 1 fully saturated rings. The van der Waals surface area contributed by atoms with Crippen LogP contribution in [0.3, 0.4) is 0 Å². The topological polar surface area (TPSA) is 74.0 Å². The van der Waals surface area contributed by atoms with Crippen molar-refractivity contribution in [2.24, 2.45) is 0 Å². The standard InChI is InChI=1S/C14H20N2O4/c1-9-8-12(11(3)20-9)13(17)16-6-4-15(5-7-16)10(2)14(18)19/h8,10H,4-7H2,1-3H3,(H,18,19). The monoisotopic (exact) mass is 280 g/mol. The molecular weight excluding hydrogens is 260 g/mol. The lowest BCUT2D eigenvalue weighted by molar-refractivity contribution is -0.143. The lowest BCUT2D eigenvalue weighted by Crippen LogP contribution is -2.53. The molecule has 2 heterocycles. The maximum absolute atomic E-state index is 12.4. The Kier molecular flexibility index (Phi) is 4.13. The minimum absolute atomic E-state index is 0.0398. The summed E-state index contributed by atoms with van der Waals surface area (Å²) >= 11 is 0. The van der Waals surface area contributed by atoms with Crippen LogP contribution in [0.25, 0.3) is 0 Å². The summed E-state index contributed by atoms with van der Waals surface area (Å²) in [4.78, 5) is 27.0. The molecule has 0 aliphatic carbocycles. The van der Waals surface area contributed by atoms with Gasteiger partial charge in [0.2, 0.25) is 0 Å². The second kappa shape index (κ2) is 5.66. The van der Waals surface area contributed by atoms with E-state index in [1.54, 1.807) is 24.8 Å². The van der Waals surface area contributed by atoms with Gasteiger partial charge in [0.1, 0.15) is 17.6 Å². The largest absolute Gasteiger partial charge is 0.480 e. The van der Waals surface area contributed by atoms with Gasteiger partial charge in [0, 0.05) is 26.2 Å². The molecule has 110 valence electrons. The van der Waals surface area contributed by atoms with Crippen molar-refractivity contribution in [3.05, 3.63) is 23.2 Å². The number of furan rings is 1. The van der Waals surface area contributed by atoms with E-state index in [0.29, 0.717) is 37.5 Å². The summed E-state index contributed by atoms with van der Waals surface area (Å²) in [7, 11) is 0. The van der Waals surface area contributed by atoms with Crippen molar-refractivity contribution in [3.8, 4) is 0 Å². The number of aliphatic carboxylic acids is 1. The van der Waals surface area contributed by atoms with Gasteiger partial charge in [-0.1, -0.05) is 0 Å². The van der Waals surface area contributed by atoms with Gasteiger partial charge in [-0.05, 0) is 26.8 Å². The summed E-state index contributed by atoms with van der Waals surface area (Å²) in [5, 5.41) is 8.99. The Hall–Kier alpha value is -1.82. The highest BCUT2D eigenvalue weighted by Gasteiger charge is 2.28. The Morgan fingerprint density at radius 3 is 2.30 bits per heavy atom. The Morgan fingerprint density at radius 2 is 1.85 bits per heavy atom. The summed E-state index contributed by atoms with van der Waals surface area (Å²) in [5.41, 5.74) is 0.599. The van der Waals surface area contributed by atoms with E-state index in [4.69, 9.17) is 9.52 Å². The second-order valence-electron chi connectivity index (χ2n) is 5.17. The van der Waals surface area contributed by atoms with E-state index >= 15 is 0 Å². The van der Waals surface area contributed by atoms with Crippen molar-refractivity contribution in [1.82, 2.24) is 9.80 Å². The van der Waals surface area contributed by atoms with Crippen molar-refractivity contribution in [2.75, 3.05) is 26.2 Å². The third-order valence-corrected chi connectivity index (χ3v) is 3.78. The number of hydrogen-bond acceptors (Lipinski definition) is 4. The van der Waals surface area contributed by atoms with Gasteiger partial charge >= 0.3 is 5.97 Å². The summed E-state index contributed by atoms with van der Waals surface area (Å²) in [5.74, 6) is 0.492. The molecule has 1 aromatic heterocycles. The number of rotatable bonds is 3. The van der Waals surface area contributed by atoms with Crippen molar-refractivity contribution in [1.29, 1.82) is 0 Å². The van der Waals surface area contributed by atoms with Crippen LogP contribution in [0.15, 0.2) is 10.5 Å². The zero-order chi connectivity index (χ0) is 14.9. The van der Waals surface area contributed by atoms with Gasteiger partial charge in [0.25, 0.3) is 5.91 Å². The van der Waals surface area contributed by atoms with Gasteiger partial charge in [-0.25, -0.2) is 0 Å². The molecule has 1 saturated heterocycles. The van der Waals surface area contributed by atoms with E-state index in [-0.39, 0.29) is 5.91 Å². The predicted molar refractivity (Wildman–Crippen MR) is 72.8 cm³/mol. The first-order valence-corrected chi connectivity index (χ1v) is 6.73. The Balaban J connectivity index is 1.99. The number of aryl methyl sites for hydroxylation is 2. The van der Waals surface area contributed by atoms with E-state index in [2.05, 4.69) is 0 Å². The smallest absolute Gasteiger partial charge is 0.320 e. The summed E-state index contributed by atoms with van der Waals surface area (Å²) in [6.45, 7) is 7.51. The average molecular weight is 280 g/mol. The number of nitrogens with zero attached hydrogens (tertiary/aromatic N) is 2.